The minimum atomic E-state index is -0.206. The first kappa shape index (κ1) is 37.9. The van der Waals surface area contributed by atoms with E-state index in [2.05, 4.69) is 254 Å². The van der Waals surface area contributed by atoms with Crippen LogP contribution in [0.15, 0.2) is 231 Å². The molecular weight excluding hydrogens is 809 g/mol. The fourth-order valence-corrected chi connectivity index (χ4v) is 12.2. The summed E-state index contributed by atoms with van der Waals surface area (Å²) in [5, 5.41) is 10.0. The zero-order valence-corrected chi connectivity index (χ0v) is 37.3. The third-order valence-electron chi connectivity index (χ3n) is 14.9. The average molecular weight is 853 g/mol. The number of rotatable bonds is 5. The molecule has 11 aromatic carbocycles. The van der Waals surface area contributed by atoms with Gasteiger partial charge < -0.3 is 9.13 Å². The van der Waals surface area contributed by atoms with E-state index < -0.39 is 0 Å². The van der Waals surface area contributed by atoms with Crippen molar-refractivity contribution >= 4 is 65.2 Å². The summed E-state index contributed by atoms with van der Waals surface area (Å²) in [7, 11) is 0. The Morgan fingerprint density at radius 1 is 0.284 bits per heavy atom. The Morgan fingerprint density at radius 3 is 1.24 bits per heavy atom. The number of fused-ring (bicyclic) bond motifs is 11. The Morgan fingerprint density at radius 2 is 0.672 bits per heavy atom. The predicted octanol–water partition coefficient (Wildman–Crippen LogP) is 17.5. The number of hydrogen-bond acceptors (Lipinski definition) is 0. The van der Waals surface area contributed by atoms with E-state index in [4.69, 9.17) is 0 Å². The van der Waals surface area contributed by atoms with Gasteiger partial charge in [-0.15, -0.1) is 0 Å². The van der Waals surface area contributed by atoms with E-state index in [1.165, 1.54) is 121 Å². The lowest BCUT2D eigenvalue weighted by Gasteiger charge is -2.26. The Balaban J connectivity index is 1.13. The second-order valence-electron chi connectivity index (χ2n) is 18.7. The SMILES string of the molecule is CC1(C)c2ccccc2-c2cccc(-c3c4cccc(-c5cccc6c5c5ccccc5n6-c5ccccc5)c4cc4c(-c5cccc6c5c5ccccc5n6-c5ccccc5)cccc34)c21. The van der Waals surface area contributed by atoms with Gasteiger partial charge in [0, 0.05) is 38.3 Å². The predicted molar refractivity (Wildman–Crippen MR) is 284 cm³/mol. The van der Waals surface area contributed by atoms with E-state index in [0.717, 1.165) is 11.4 Å². The van der Waals surface area contributed by atoms with E-state index in [1.54, 1.807) is 0 Å². The molecule has 1 aliphatic carbocycles. The van der Waals surface area contributed by atoms with Crippen LogP contribution in [0.1, 0.15) is 25.0 Å². The maximum Gasteiger partial charge on any atom is 0.0547 e. The first-order valence-electron chi connectivity index (χ1n) is 23.4. The van der Waals surface area contributed by atoms with Gasteiger partial charge in [-0.25, -0.2) is 0 Å². The van der Waals surface area contributed by atoms with Crippen LogP contribution < -0.4 is 0 Å². The lowest BCUT2D eigenvalue weighted by molar-refractivity contribution is 0.662. The normalized spacial score (nSPS) is 13.0. The lowest BCUT2D eigenvalue weighted by Crippen LogP contribution is -2.16. The van der Waals surface area contributed by atoms with Crippen LogP contribution in [0.3, 0.4) is 0 Å². The maximum absolute atomic E-state index is 2.52. The van der Waals surface area contributed by atoms with Crippen molar-refractivity contribution in [2.45, 2.75) is 19.3 Å². The van der Waals surface area contributed by atoms with Gasteiger partial charge in [-0.1, -0.05) is 190 Å². The van der Waals surface area contributed by atoms with Crippen molar-refractivity contribution in [3.8, 4) is 55.9 Å². The highest BCUT2D eigenvalue weighted by atomic mass is 15.0. The van der Waals surface area contributed by atoms with Crippen molar-refractivity contribution in [2.24, 2.45) is 0 Å². The standard InChI is InChI=1S/C65H44N2/c1-65(2)56-35-12-9-24-45(56)50-33-17-34-53(64(50)65)61-48-29-15-27-43(46-31-18-38-59-62(46)51-25-10-13-36-57(51)66(59)41-20-5-3-6-21-41)54(48)40-55-44(28-16-30-49(55)61)47-32-19-39-60-63(47)52-26-11-14-37-58(52)67(60)42-22-7-4-8-23-42/h3-40H,1-2H3. The van der Waals surface area contributed by atoms with Gasteiger partial charge in [0.05, 0.1) is 22.1 Å². The van der Waals surface area contributed by atoms with Crippen LogP contribution >= 0.6 is 0 Å². The summed E-state index contributed by atoms with van der Waals surface area (Å²) >= 11 is 0. The fraction of sp³-hybridized carbons (Fsp3) is 0.0462. The molecule has 0 radical (unpaired) electrons. The molecule has 2 heteroatoms. The fourth-order valence-electron chi connectivity index (χ4n) is 12.2. The van der Waals surface area contributed by atoms with Gasteiger partial charge in [-0.3, -0.25) is 0 Å². The lowest BCUT2D eigenvalue weighted by atomic mass is 9.77. The molecule has 0 spiro atoms. The van der Waals surface area contributed by atoms with E-state index in [-0.39, 0.29) is 5.41 Å². The molecule has 0 saturated carbocycles. The zero-order valence-electron chi connectivity index (χ0n) is 37.3. The minimum Gasteiger partial charge on any atom is -0.309 e. The Hall–Kier alpha value is -8.46. The molecule has 1 aliphatic rings. The number of para-hydroxylation sites is 4. The Labute approximate surface area is 389 Å². The smallest absolute Gasteiger partial charge is 0.0547 e. The van der Waals surface area contributed by atoms with Gasteiger partial charge in [0.25, 0.3) is 0 Å². The molecule has 0 atom stereocenters. The van der Waals surface area contributed by atoms with Crippen LogP contribution in [0.2, 0.25) is 0 Å². The molecule has 0 bridgehead atoms. The van der Waals surface area contributed by atoms with Crippen molar-refractivity contribution in [3.05, 3.63) is 242 Å². The molecule has 0 saturated heterocycles. The number of nitrogens with zero attached hydrogens (tertiary/aromatic N) is 2. The van der Waals surface area contributed by atoms with Crippen molar-refractivity contribution in [3.63, 3.8) is 0 Å². The summed E-state index contributed by atoms with van der Waals surface area (Å²) < 4.78 is 4.86. The molecule has 14 rings (SSSR count). The Bertz CT molecular complexity index is 3950. The van der Waals surface area contributed by atoms with E-state index >= 15 is 0 Å². The summed E-state index contributed by atoms with van der Waals surface area (Å²) in [5.41, 5.74) is 19.8. The van der Waals surface area contributed by atoms with Crippen molar-refractivity contribution < 1.29 is 0 Å². The third-order valence-corrected chi connectivity index (χ3v) is 14.9. The minimum absolute atomic E-state index is 0.206. The van der Waals surface area contributed by atoms with Crippen molar-refractivity contribution in [1.82, 2.24) is 9.13 Å². The topological polar surface area (TPSA) is 9.86 Å². The molecule has 0 aliphatic heterocycles. The van der Waals surface area contributed by atoms with Crippen molar-refractivity contribution in [2.75, 3.05) is 0 Å². The first-order valence-corrected chi connectivity index (χ1v) is 23.4. The highest BCUT2D eigenvalue weighted by Crippen LogP contribution is 2.55. The van der Waals surface area contributed by atoms with Crippen LogP contribution in [0.5, 0.6) is 0 Å². The summed E-state index contributed by atoms with van der Waals surface area (Å²) in [4.78, 5) is 0. The highest BCUT2D eigenvalue weighted by Gasteiger charge is 2.38. The molecule has 314 valence electrons. The van der Waals surface area contributed by atoms with E-state index in [0.29, 0.717) is 0 Å². The second-order valence-corrected chi connectivity index (χ2v) is 18.7. The highest BCUT2D eigenvalue weighted by molar-refractivity contribution is 6.25. The molecule has 0 amide bonds. The average Bonchev–Trinajstić information content (AvgIpc) is 3.99. The van der Waals surface area contributed by atoms with E-state index in [1.807, 2.05) is 0 Å². The molecule has 2 nitrogen and oxygen atoms in total. The van der Waals surface area contributed by atoms with Gasteiger partial charge in [0.2, 0.25) is 0 Å². The maximum atomic E-state index is 2.52. The summed E-state index contributed by atoms with van der Waals surface area (Å²) in [6.45, 7) is 4.83. The molecule has 0 unspecified atom stereocenters. The van der Waals surface area contributed by atoms with Crippen LogP contribution in [0, 0.1) is 0 Å². The van der Waals surface area contributed by atoms with Gasteiger partial charge >= 0.3 is 0 Å². The van der Waals surface area contributed by atoms with Crippen LogP contribution in [0.25, 0.3) is 121 Å². The number of hydrogen-bond donors (Lipinski definition) is 0. The summed E-state index contributed by atoms with van der Waals surface area (Å²) in [6.07, 6.45) is 0. The van der Waals surface area contributed by atoms with Crippen LogP contribution in [-0.2, 0) is 5.41 Å². The second kappa shape index (κ2) is 14.3. The molecule has 0 fully saturated rings. The van der Waals surface area contributed by atoms with Crippen molar-refractivity contribution in [1.29, 1.82) is 0 Å². The summed E-state index contributed by atoms with van der Waals surface area (Å²) in [6, 6.07) is 85.7. The number of aromatic nitrogens is 2. The largest absolute Gasteiger partial charge is 0.309 e. The monoisotopic (exact) mass is 852 g/mol. The molecule has 0 N–H and O–H groups in total. The molecule has 13 aromatic rings. The van der Waals surface area contributed by atoms with E-state index in [9.17, 15) is 0 Å². The molecule has 67 heavy (non-hydrogen) atoms. The van der Waals surface area contributed by atoms with Gasteiger partial charge in [-0.05, 0) is 132 Å². The zero-order chi connectivity index (χ0) is 44.4. The Kier molecular flexibility index (Phi) is 8.06. The van der Waals surface area contributed by atoms with Gasteiger partial charge in [0.1, 0.15) is 0 Å². The summed E-state index contributed by atoms with van der Waals surface area (Å²) in [5.74, 6) is 0. The van der Waals surface area contributed by atoms with Crippen LogP contribution in [0.4, 0.5) is 0 Å². The molecule has 2 heterocycles. The van der Waals surface area contributed by atoms with Crippen LogP contribution in [-0.4, -0.2) is 9.13 Å². The quantitative estimate of drug-likeness (QED) is 0.153. The third kappa shape index (κ3) is 5.33. The first-order chi connectivity index (χ1) is 33.1. The molecule has 2 aromatic heterocycles. The number of benzene rings is 11. The molecular formula is C65H44N2. The van der Waals surface area contributed by atoms with Gasteiger partial charge in [-0.2, -0.15) is 0 Å². The van der Waals surface area contributed by atoms with Gasteiger partial charge in [0.15, 0.2) is 0 Å².